The van der Waals surface area contributed by atoms with Gasteiger partial charge in [0.15, 0.2) is 0 Å². The summed E-state index contributed by atoms with van der Waals surface area (Å²) in [7, 11) is 0. The Morgan fingerprint density at radius 1 is 1.57 bits per heavy atom. The van der Waals surface area contributed by atoms with Crippen molar-refractivity contribution >= 4 is 27.3 Å². The lowest BCUT2D eigenvalue weighted by molar-refractivity contribution is 0.158. The van der Waals surface area contributed by atoms with Crippen LogP contribution in [-0.2, 0) is 11.2 Å². The van der Waals surface area contributed by atoms with Gasteiger partial charge in [-0.05, 0) is 41.7 Å². The lowest BCUT2D eigenvalue weighted by Gasteiger charge is -2.24. The van der Waals surface area contributed by atoms with Gasteiger partial charge in [-0.25, -0.2) is 0 Å². The minimum absolute atomic E-state index is 0.405. The molecule has 14 heavy (non-hydrogen) atoms. The molecular formula is C11H15BrOS. The largest absolute Gasteiger partial charge is 0.381 e. The van der Waals surface area contributed by atoms with Gasteiger partial charge in [0.2, 0.25) is 0 Å². The fourth-order valence-corrected chi connectivity index (χ4v) is 3.29. The summed E-state index contributed by atoms with van der Waals surface area (Å²) in [4.78, 5) is 0. The molecule has 1 aliphatic rings. The van der Waals surface area contributed by atoms with Crippen LogP contribution < -0.4 is 0 Å². The molecule has 78 valence electrons. The highest BCUT2D eigenvalue weighted by atomic mass is 79.9. The zero-order chi connectivity index (χ0) is 9.86. The second kappa shape index (κ2) is 4.77. The number of thiophene rings is 1. The van der Waals surface area contributed by atoms with Crippen LogP contribution in [0.1, 0.15) is 18.4 Å². The lowest BCUT2D eigenvalue weighted by Crippen LogP contribution is -2.23. The zero-order valence-electron chi connectivity index (χ0n) is 8.17. The molecule has 0 N–H and O–H groups in total. The number of halogens is 1. The monoisotopic (exact) mass is 274 g/mol. The second-order valence-electron chi connectivity index (χ2n) is 4.07. The van der Waals surface area contributed by atoms with Crippen LogP contribution >= 0.6 is 27.3 Å². The Morgan fingerprint density at radius 2 is 2.50 bits per heavy atom. The van der Waals surface area contributed by atoms with Gasteiger partial charge >= 0.3 is 0 Å². The molecule has 2 heterocycles. The van der Waals surface area contributed by atoms with Crippen LogP contribution in [0, 0.1) is 5.41 Å². The lowest BCUT2D eigenvalue weighted by atomic mass is 9.84. The minimum atomic E-state index is 0.405. The first-order chi connectivity index (χ1) is 6.85. The Balaban J connectivity index is 1.89. The summed E-state index contributed by atoms with van der Waals surface area (Å²) >= 11 is 5.41. The first-order valence-corrected chi connectivity index (χ1v) is 7.06. The summed E-state index contributed by atoms with van der Waals surface area (Å²) in [6, 6.07) is 2.22. The number of alkyl halides is 1. The van der Waals surface area contributed by atoms with E-state index in [0.29, 0.717) is 5.41 Å². The minimum Gasteiger partial charge on any atom is -0.381 e. The van der Waals surface area contributed by atoms with Crippen molar-refractivity contribution in [1.29, 1.82) is 0 Å². The van der Waals surface area contributed by atoms with Gasteiger partial charge in [-0.15, -0.1) is 0 Å². The number of hydrogen-bond donors (Lipinski definition) is 0. The molecule has 1 aliphatic heterocycles. The summed E-state index contributed by atoms with van der Waals surface area (Å²) in [6.07, 6.45) is 3.65. The first-order valence-electron chi connectivity index (χ1n) is 4.99. The van der Waals surface area contributed by atoms with Gasteiger partial charge < -0.3 is 4.74 Å². The summed E-state index contributed by atoms with van der Waals surface area (Å²) < 4.78 is 5.49. The van der Waals surface area contributed by atoms with Crippen LogP contribution in [-0.4, -0.2) is 18.5 Å². The molecular weight excluding hydrogens is 260 g/mol. The van der Waals surface area contributed by atoms with Gasteiger partial charge in [-0.2, -0.15) is 11.3 Å². The topological polar surface area (TPSA) is 9.23 Å². The normalized spacial score (nSPS) is 26.9. The van der Waals surface area contributed by atoms with Crippen molar-refractivity contribution in [3.63, 3.8) is 0 Å². The fraction of sp³-hybridized carbons (Fsp3) is 0.636. The third-order valence-corrected chi connectivity index (χ3v) is 4.91. The number of hydrogen-bond acceptors (Lipinski definition) is 2. The Bertz CT molecular complexity index is 265. The van der Waals surface area contributed by atoms with Gasteiger partial charge in [0.25, 0.3) is 0 Å². The summed E-state index contributed by atoms with van der Waals surface area (Å²) in [6.45, 7) is 1.87. The van der Waals surface area contributed by atoms with Gasteiger partial charge in [0, 0.05) is 17.4 Å². The van der Waals surface area contributed by atoms with Gasteiger partial charge in [0.1, 0.15) is 0 Å². The average molecular weight is 275 g/mol. The maximum Gasteiger partial charge on any atom is 0.0531 e. The summed E-state index contributed by atoms with van der Waals surface area (Å²) in [5, 5.41) is 5.48. The molecule has 1 fully saturated rings. The average Bonchev–Trinajstić information content (AvgIpc) is 2.87. The SMILES string of the molecule is BrCC1(CCc2ccsc2)CCOC1. The Hall–Kier alpha value is 0.140. The van der Waals surface area contributed by atoms with Crippen molar-refractivity contribution in [2.75, 3.05) is 18.5 Å². The van der Waals surface area contributed by atoms with E-state index < -0.39 is 0 Å². The van der Waals surface area contributed by atoms with E-state index in [0.717, 1.165) is 18.5 Å². The molecule has 2 rings (SSSR count). The number of ether oxygens (including phenoxy) is 1. The van der Waals surface area contributed by atoms with Gasteiger partial charge in [-0.1, -0.05) is 15.9 Å². The molecule has 0 radical (unpaired) electrons. The van der Waals surface area contributed by atoms with E-state index >= 15 is 0 Å². The molecule has 1 nitrogen and oxygen atoms in total. The number of rotatable bonds is 4. The van der Waals surface area contributed by atoms with E-state index in [-0.39, 0.29) is 0 Å². The van der Waals surface area contributed by atoms with E-state index in [1.807, 2.05) is 0 Å². The Kier molecular flexibility index (Phi) is 3.63. The molecule has 1 saturated heterocycles. The molecule has 0 amide bonds. The molecule has 0 saturated carbocycles. The molecule has 0 bridgehead atoms. The van der Waals surface area contributed by atoms with E-state index in [9.17, 15) is 0 Å². The summed E-state index contributed by atoms with van der Waals surface area (Å²) in [5.41, 5.74) is 1.88. The van der Waals surface area contributed by atoms with Crippen LogP contribution in [0.4, 0.5) is 0 Å². The van der Waals surface area contributed by atoms with Crippen LogP contribution in [0.3, 0.4) is 0 Å². The molecule has 0 aromatic carbocycles. The molecule has 1 unspecified atom stereocenters. The van der Waals surface area contributed by atoms with E-state index in [1.165, 1.54) is 24.8 Å². The molecule has 1 aromatic rings. The molecule has 1 atom stereocenters. The van der Waals surface area contributed by atoms with Crippen LogP contribution in [0.25, 0.3) is 0 Å². The fourth-order valence-electron chi connectivity index (χ4n) is 1.86. The zero-order valence-corrected chi connectivity index (χ0v) is 10.6. The Morgan fingerprint density at radius 3 is 3.07 bits per heavy atom. The van der Waals surface area contributed by atoms with Crippen LogP contribution in [0.5, 0.6) is 0 Å². The van der Waals surface area contributed by atoms with Crippen molar-refractivity contribution < 1.29 is 4.74 Å². The van der Waals surface area contributed by atoms with Gasteiger partial charge in [-0.3, -0.25) is 0 Å². The van der Waals surface area contributed by atoms with Crippen molar-refractivity contribution in [3.8, 4) is 0 Å². The maximum absolute atomic E-state index is 5.49. The first kappa shape index (κ1) is 10.7. The molecule has 3 heteroatoms. The van der Waals surface area contributed by atoms with E-state index in [4.69, 9.17) is 4.74 Å². The molecule has 0 aliphatic carbocycles. The maximum atomic E-state index is 5.49. The predicted molar refractivity (Wildman–Crippen MR) is 64.3 cm³/mol. The van der Waals surface area contributed by atoms with Crippen molar-refractivity contribution in [3.05, 3.63) is 22.4 Å². The standard InChI is InChI=1S/C11H15BrOS/c12-8-11(4-5-13-9-11)3-1-10-2-6-14-7-10/h2,6-7H,1,3-5,8-9H2. The molecule has 1 aromatic heterocycles. The molecule has 0 spiro atoms. The predicted octanol–water partition coefficient (Wildman–Crippen LogP) is 3.48. The van der Waals surface area contributed by atoms with Crippen LogP contribution in [0.15, 0.2) is 16.8 Å². The van der Waals surface area contributed by atoms with Crippen molar-refractivity contribution in [1.82, 2.24) is 0 Å². The third-order valence-electron chi connectivity index (χ3n) is 2.99. The van der Waals surface area contributed by atoms with Crippen molar-refractivity contribution in [2.45, 2.75) is 19.3 Å². The van der Waals surface area contributed by atoms with Crippen molar-refractivity contribution in [2.24, 2.45) is 5.41 Å². The highest BCUT2D eigenvalue weighted by Crippen LogP contribution is 2.35. The van der Waals surface area contributed by atoms with E-state index in [2.05, 4.69) is 32.8 Å². The Labute approximate surface area is 97.6 Å². The third kappa shape index (κ3) is 2.38. The summed E-state index contributed by atoms with van der Waals surface area (Å²) in [5.74, 6) is 0. The highest BCUT2D eigenvalue weighted by molar-refractivity contribution is 9.09. The van der Waals surface area contributed by atoms with E-state index in [1.54, 1.807) is 11.3 Å². The van der Waals surface area contributed by atoms with Gasteiger partial charge in [0.05, 0.1) is 6.61 Å². The smallest absolute Gasteiger partial charge is 0.0531 e. The second-order valence-corrected chi connectivity index (χ2v) is 5.41. The van der Waals surface area contributed by atoms with Crippen LogP contribution in [0.2, 0.25) is 0 Å². The number of aryl methyl sites for hydroxylation is 1. The highest BCUT2D eigenvalue weighted by Gasteiger charge is 2.33. The quantitative estimate of drug-likeness (QED) is 0.764.